The summed E-state index contributed by atoms with van der Waals surface area (Å²) in [5, 5.41) is 2.93. The summed E-state index contributed by atoms with van der Waals surface area (Å²) in [5.74, 6) is 0.893. The highest BCUT2D eigenvalue weighted by atomic mass is 16.5. The van der Waals surface area contributed by atoms with Crippen molar-refractivity contribution in [3.8, 4) is 5.75 Å². The van der Waals surface area contributed by atoms with Crippen LogP contribution in [0.3, 0.4) is 0 Å². The minimum atomic E-state index is -0.457. The summed E-state index contributed by atoms with van der Waals surface area (Å²) in [4.78, 5) is 22.1. The van der Waals surface area contributed by atoms with Crippen molar-refractivity contribution in [1.82, 2.24) is 10.2 Å². The van der Waals surface area contributed by atoms with Gasteiger partial charge in [0.1, 0.15) is 17.3 Å². The molecule has 3 rings (SSSR count). The fourth-order valence-electron chi connectivity index (χ4n) is 3.85. The monoisotopic (exact) mass is 396 g/mol. The molecule has 0 bridgehead atoms. The van der Waals surface area contributed by atoms with Gasteiger partial charge in [-0.3, -0.25) is 4.79 Å². The second-order valence-corrected chi connectivity index (χ2v) is 7.07. The van der Waals surface area contributed by atoms with E-state index >= 15 is 0 Å². The number of nitrogens with zero attached hydrogens (tertiary/aromatic N) is 3. The molecule has 1 aliphatic heterocycles. The Morgan fingerprint density at radius 2 is 1.76 bits per heavy atom. The number of aliphatic imine (C=N–C) groups is 1. The molecular weight excluding hydrogens is 364 g/mol. The van der Waals surface area contributed by atoms with Gasteiger partial charge in [0, 0.05) is 56.3 Å². The Balaban J connectivity index is 2.04. The van der Waals surface area contributed by atoms with Gasteiger partial charge in [-0.1, -0.05) is 0 Å². The van der Waals surface area contributed by atoms with Crippen molar-refractivity contribution in [2.45, 2.75) is 34.6 Å². The highest BCUT2D eigenvalue weighted by molar-refractivity contribution is 6.16. The number of hydrogen-bond donors (Lipinski definition) is 1. The van der Waals surface area contributed by atoms with E-state index in [1.165, 1.54) is 0 Å². The molecule has 1 aromatic carbocycles. The van der Waals surface area contributed by atoms with Crippen LogP contribution in [-0.4, -0.2) is 49.2 Å². The number of benzene rings is 1. The van der Waals surface area contributed by atoms with Crippen molar-refractivity contribution in [3.05, 3.63) is 41.8 Å². The zero-order valence-corrected chi connectivity index (χ0v) is 18.2. The van der Waals surface area contributed by atoms with E-state index < -0.39 is 5.92 Å². The summed E-state index contributed by atoms with van der Waals surface area (Å²) in [6, 6.07) is 6.08. The van der Waals surface area contributed by atoms with Crippen molar-refractivity contribution in [2.75, 3.05) is 37.6 Å². The summed E-state index contributed by atoms with van der Waals surface area (Å²) in [6.45, 7) is 14.6. The molecule has 2 aliphatic rings. The van der Waals surface area contributed by atoms with Crippen molar-refractivity contribution < 1.29 is 9.53 Å². The molecule has 0 aromatic heterocycles. The molecule has 0 spiro atoms. The molecule has 1 heterocycles. The smallest absolute Gasteiger partial charge is 0.233 e. The molecule has 1 aromatic rings. The maximum absolute atomic E-state index is 12.8. The third-order valence-electron chi connectivity index (χ3n) is 5.46. The van der Waals surface area contributed by atoms with Crippen LogP contribution in [0.1, 0.15) is 34.6 Å². The standard InChI is InChI=1S/C23H32N4O2/c1-6-24-23(28)18-13-17(27(9-4)10-5)15-21-22(18)25-19-12-11-16(14-20(19)29-21)26(7-2)8-3/h11-15,18H,6-10H2,1-5H3,(H,24,28). The van der Waals surface area contributed by atoms with E-state index in [1.54, 1.807) is 0 Å². The van der Waals surface area contributed by atoms with E-state index in [0.717, 1.165) is 49.0 Å². The van der Waals surface area contributed by atoms with E-state index in [2.05, 4.69) is 48.9 Å². The second kappa shape index (κ2) is 9.16. The number of anilines is 1. The van der Waals surface area contributed by atoms with Crippen LogP contribution < -0.4 is 15.0 Å². The van der Waals surface area contributed by atoms with E-state index in [1.807, 2.05) is 31.2 Å². The minimum Gasteiger partial charge on any atom is -0.453 e. The quantitative estimate of drug-likeness (QED) is 0.725. The van der Waals surface area contributed by atoms with Crippen molar-refractivity contribution in [3.63, 3.8) is 0 Å². The number of carbonyl (C=O) groups excluding carboxylic acids is 1. The van der Waals surface area contributed by atoms with Gasteiger partial charge >= 0.3 is 0 Å². The Kier molecular flexibility index (Phi) is 6.62. The number of hydrogen-bond acceptors (Lipinski definition) is 5. The highest BCUT2D eigenvalue weighted by Gasteiger charge is 2.34. The van der Waals surface area contributed by atoms with Crippen molar-refractivity contribution >= 4 is 23.0 Å². The third-order valence-corrected chi connectivity index (χ3v) is 5.46. The van der Waals surface area contributed by atoms with Gasteiger partial charge in [0.05, 0.1) is 0 Å². The molecule has 6 heteroatoms. The van der Waals surface area contributed by atoms with Gasteiger partial charge in [-0.15, -0.1) is 0 Å². The lowest BCUT2D eigenvalue weighted by Gasteiger charge is -2.31. The number of allylic oxidation sites excluding steroid dienone is 2. The van der Waals surface area contributed by atoms with Crippen LogP contribution in [0.15, 0.2) is 46.8 Å². The van der Waals surface area contributed by atoms with Crippen LogP contribution in [0, 0.1) is 5.92 Å². The zero-order valence-electron chi connectivity index (χ0n) is 18.2. The maximum Gasteiger partial charge on any atom is 0.233 e. The Bertz CT molecular complexity index is 848. The molecule has 0 saturated carbocycles. The lowest BCUT2D eigenvalue weighted by molar-refractivity contribution is -0.121. The van der Waals surface area contributed by atoms with Gasteiger partial charge in [0.15, 0.2) is 11.5 Å². The number of amides is 1. The molecule has 0 saturated heterocycles. The highest BCUT2D eigenvalue weighted by Crippen LogP contribution is 2.40. The summed E-state index contributed by atoms with van der Waals surface area (Å²) in [5.41, 5.74) is 3.56. The first-order valence-corrected chi connectivity index (χ1v) is 10.7. The van der Waals surface area contributed by atoms with Gasteiger partial charge in [0.2, 0.25) is 5.91 Å². The lowest BCUT2D eigenvalue weighted by atomic mass is 9.92. The third kappa shape index (κ3) is 4.16. The largest absolute Gasteiger partial charge is 0.453 e. The van der Waals surface area contributed by atoms with Gasteiger partial charge in [0.25, 0.3) is 0 Å². The van der Waals surface area contributed by atoms with Crippen LogP contribution in [0.25, 0.3) is 0 Å². The second-order valence-electron chi connectivity index (χ2n) is 7.07. The van der Waals surface area contributed by atoms with Crippen molar-refractivity contribution in [2.24, 2.45) is 10.9 Å². The molecule has 1 N–H and O–H groups in total. The average molecular weight is 397 g/mol. The number of rotatable bonds is 8. The first-order valence-electron chi connectivity index (χ1n) is 10.7. The number of likely N-dealkylation sites (N-methyl/N-ethyl adjacent to an activating group) is 1. The molecule has 6 nitrogen and oxygen atoms in total. The van der Waals surface area contributed by atoms with E-state index in [4.69, 9.17) is 9.73 Å². The number of ether oxygens (including phenoxy) is 1. The molecule has 1 unspecified atom stereocenters. The molecule has 0 radical (unpaired) electrons. The normalized spacial score (nSPS) is 17.1. The molecule has 29 heavy (non-hydrogen) atoms. The number of nitrogens with one attached hydrogen (secondary N) is 1. The van der Waals surface area contributed by atoms with Gasteiger partial charge in [-0.2, -0.15) is 0 Å². The lowest BCUT2D eigenvalue weighted by Crippen LogP contribution is -2.39. The molecule has 156 valence electrons. The van der Waals surface area contributed by atoms with Gasteiger partial charge in [-0.05, 0) is 52.8 Å². The van der Waals surface area contributed by atoms with Crippen LogP contribution in [0.2, 0.25) is 0 Å². The Labute approximate surface area is 173 Å². The first-order chi connectivity index (χ1) is 14.1. The zero-order chi connectivity index (χ0) is 21.0. The average Bonchev–Trinajstić information content (AvgIpc) is 2.73. The SMILES string of the molecule is CCNC(=O)C1C=C(N(CC)CC)C=C2Oc3cc(N(CC)CC)ccc3N=C21. The molecule has 0 fully saturated rings. The van der Waals surface area contributed by atoms with Gasteiger partial charge in [-0.25, -0.2) is 4.99 Å². The Morgan fingerprint density at radius 1 is 1.07 bits per heavy atom. The van der Waals surface area contributed by atoms with Crippen LogP contribution in [0.5, 0.6) is 5.75 Å². The maximum atomic E-state index is 12.8. The topological polar surface area (TPSA) is 57.2 Å². The molecule has 1 amide bonds. The van der Waals surface area contributed by atoms with Crippen molar-refractivity contribution in [1.29, 1.82) is 0 Å². The first kappa shape index (κ1) is 21.0. The predicted molar refractivity (Wildman–Crippen MR) is 119 cm³/mol. The van der Waals surface area contributed by atoms with E-state index in [-0.39, 0.29) is 5.91 Å². The summed E-state index contributed by atoms with van der Waals surface area (Å²) < 4.78 is 6.30. The van der Waals surface area contributed by atoms with Crippen LogP contribution >= 0.6 is 0 Å². The van der Waals surface area contributed by atoms with Gasteiger partial charge < -0.3 is 19.9 Å². The Hall–Kier alpha value is -2.76. The minimum absolute atomic E-state index is 0.0479. The predicted octanol–water partition coefficient (Wildman–Crippen LogP) is 3.87. The van der Waals surface area contributed by atoms with E-state index in [9.17, 15) is 4.79 Å². The molecule has 1 atom stereocenters. The fourth-order valence-corrected chi connectivity index (χ4v) is 3.85. The summed E-state index contributed by atoms with van der Waals surface area (Å²) >= 11 is 0. The van der Waals surface area contributed by atoms with Crippen LogP contribution in [-0.2, 0) is 4.79 Å². The van der Waals surface area contributed by atoms with Crippen LogP contribution in [0.4, 0.5) is 11.4 Å². The molecular formula is C23H32N4O2. The summed E-state index contributed by atoms with van der Waals surface area (Å²) in [7, 11) is 0. The number of fused-ring (bicyclic) bond motifs is 2. The fraction of sp³-hybridized carbons (Fsp3) is 0.478. The van der Waals surface area contributed by atoms with E-state index in [0.29, 0.717) is 18.0 Å². The number of carbonyl (C=O) groups is 1. The summed E-state index contributed by atoms with van der Waals surface area (Å²) in [6.07, 6.45) is 4.01. The molecule has 1 aliphatic carbocycles. The Morgan fingerprint density at radius 3 is 2.38 bits per heavy atom.